The first-order valence-electron chi connectivity index (χ1n) is 7.25. The van der Waals surface area contributed by atoms with Gasteiger partial charge in [0.1, 0.15) is 0 Å². The third kappa shape index (κ3) is 4.62. The minimum atomic E-state index is -0.684. The summed E-state index contributed by atoms with van der Waals surface area (Å²) in [5, 5.41) is 23.6. The molecule has 2 rings (SSSR count). The second-order valence-corrected chi connectivity index (χ2v) is 5.34. The maximum atomic E-state index is 12.1. The molecule has 6 nitrogen and oxygen atoms in total. The van der Waals surface area contributed by atoms with Crippen LogP contribution in [0.15, 0.2) is 54.6 Å². The lowest BCUT2D eigenvalue weighted by atomic mass is 10.0. The summed E-state index contributed by atoms with van der Waals surface area (Å²) >= 11 is 0. The van der Waals surface area contributed by atoms with Crippen LogP contribution in [0.5, 0.6) is 0 Å². The highest BCUT2D eigenvalue weighted by atomic mass is 16.6. The average Bonchev–Trinajstić information content (AvgIpc) is 2.55. The van der Waals surface area contributed by atoms with Crippen molar-refractivity contribution in [2.24, 2.45) is 0 Å². The number of rotatable bonds is 6. The number of carbonyl (C=O) groups excluding carboxylic acids is 1. The minimum Gasteiger partial charge on any atom is -0.388 e. The zero-order chi connectivity index (χ0) is 16.8. The van der Waals surface area contributed by atoms with Crippen LogP contribution in [-0.4, -0.2) is 22.0 Å². The fourth-order valence-corrected chi connectivity index (χ4v) is 2.27. The highest BCUT2D eigenvalue weighted by molar-refractivity contribution is 5.94. The van der Waals surface area contributed by atoms with Crippen molar-refractivity contribution < 1.29 is 14.8 Å². The number of hydrogen-bond acceptors (Lipinski definition) is 4. The summed E-state index contributed by atoms with van der Waals surface area (Å²) in [5.41, 5.74) is 0.874. The van der Waals surface area contributed by atoms with Crippen molar-refractivity contribution in [1.29, 1.82) is 0 Å². The van der Waals surface area contributed by atoms with E-state index in [-0.39, 0.29) is 17.3 Å². The van der Waals surface area contributed by atoms with Crippen LogP contribution in [0.1, 0.15) is 35.4 Å². The maximum Gasteiger partial charge on any atom is 0.270 e. The second kappa shape index (κ2) is 7.51. The van der Waals surface area contributed by atoms with Gasteiger partial charge < -0.3 is 10.4 Å². The highest BCUT2D eigenvalue weighted by Gasteiger charge is 2.16. The van der Waals surface area contributed by atoms with Crippen molar-refractivity contribution in [3.8, 4) is 0 Å². The monoisotopic (exact) mass is 314 g/mol. The van der Waals surface area contributed by atoms with Crippen LogP contribution >= 0.6 is 0 Å². The van der Waals surface area contributed by atoms with Crippen molar-refractivity contribution in [2.45, 2.75) is 25.5 Å². The normalized spacial score (nSPS) is 13.1. The van der Waals surface area contributed by atoms with Crippen LogP contribution in [0.3, 0.4) is 0 Å². The van der Waals surface area contributed by atoms with E-state index in [4.69, 9.17) is 0 Å². The molecule has 2 aromatic carbocycles. The number of aliphatic hydroxyl groups is 1. The van der Waals surface area contributed by atoms with E-state index in [0.717, 1.165) is 5.56 Å². The van der Waals surface area contributed by atoms with Crippen LogP contribution in [-0.2, 0) is 0 Å². The van der Waals surface area contributed by atoms with Gasteiger partial charge in [-0.05, 0) is 25.0 Å². The maximum absolute atomic E-state index is 12.1. The fraction of sp³-hybridized carbons (Fsp3) is 0.235. The van der Waals surface area contributed by atoms with E-state index in [1.165, 1.54) is 24.3 Å². The average molecular weight is 314 g/mol. The standard InChI is InChI=1S/C17H18N2O4/c1-12(10-16(20)13-6-3-2-4-7-13)18-17(21)14-8-5-9-15(11-14)19(22)23/h2-9,11-12,16,20H,10H2,1H3,(H,18,21)/t12-,16+/m1/s1. The lowest BCUT2D eigenvalue weighted by Crippen LogP contribution is -2.33. The Labute approximate surface area is 133 Å². The molecule has 0 bridgehead atoms. The lowest BCUT2D eigenvalue weighted by molar-refractivity contribution is -0.384. The van der Waals surface area contributed by atoms with Crippen molar-refractivity contribution in [3.05, 3.63) is 75.8 Å². The van der Waals surface area contributed by atoms with Gasteiger partial charge in [0.05, 0.1) is 11.0 Å². The number of non-ortho nitro benzene ring substituents is 1. The molecule has 23 heavy (non-hydrogen) atoms. The molecular weight excluding hydrogens is 296 g/mol. The summed E-state index contributed by atoms with van der Waals surface area (Å²) in [6, 6.07) is 14.4. The quantitative estimate of drug-likeness (QED) is 0.633. The Balaban J connectivity index is 1.97. The molecule has 120 valence electrons. The van der Waals surface area contributed by atoms with E-state index in [1.54, 1.807) is 6.92 Å². The summed E-state index contributed by atoms with van der Waals surface area (Å²) in [6.07, 6.45) is -0.332. The lowest BCUT2D eigenvalue weighted by Gasteiger charge is -2.18. The van der Waals surface area contributed by atoms with Crippen molar-refractivity contribution in [3.63, 3.8) is 0 Å². The Morgan fingerprint density at radius 3 is 2.57 bits per heavy atom. The number of nitrogens with one attached hydrogen (secondary N) is 1. The van der Waals surface area contributed by atoms with E-state index in [9.17, 15) is 20.0 Å². The van der Waals surface area contributed by atoms with E-state index in [0.29, 0.717) is 6.42 Å². The summed E-state index contributed by atoms with van der Waals surface area (Å²) in [5.74, 6) is -0.401. The first-order valence-corrected chi connectivity index (χ1v) is 7.25. The van der Waals surface area contributed by atoms with Crippen molar-refractivity contribution in [2.75, 3.05) is 0 Å². The molecule has 1 amide bonds. The molecule has 0 aliphatic heterocycles. The molecule has 0 aliphatic rings. The summed E-state index contributed by atoms with van der Waals surface area (Å²) in [6.45, 7) is 1.78. The van der Waals surface area contributed by atoms with Gasteiger partial charge in [-0.2, -0.15) is 0 Å². The molecular formula is C17H18N2O4. The molecule has 0 spiro atoms. The Kier molecular flexibility index (Phi) is 5.43. The third-order valence-electron chi connectivity index (χ3n) is 3.46. The van der Waals surface area contributed by atoms with Gasteiger partial charge in [0.2, 0.25) is 0 Å². The first-order chi connectivity index (χ1) is 11.0. The molecule has 0 aromatic heterocycles. The number of nitro benzene ring substituents is 1. The number of amides is 1. The molecule has 6 heteroatoms. The van der Waals surface area contributed by atoms with Gasteiger partial charge in [0.25, 0.3) is 11.6 Å². The Morgan fingerprint density at radius 1 is 1.22 bits per heavy atom. The number of benzene rings is 2. The van der Waals surface area contributed by atoms with Crippen molar-refractivity contribution >= 4 is 11.6 Å². The highest BCUT2D eigenvalue weighted by Crippen LogP contribution is 2.18. The van der Waals surface area contributed by atoms with Crippen LogP contribution < -0.4 is 5.32 Å². The summed E-state index contributed by atoms with van der Waals surface area (Å²) in [7, 11) is 0. The predicted molar refractivity (Wildman–Crippen MR) is 86.0 cm³/mol. The van der Waals surface area contributed by atoms with E-state index in [1.807, 2.05) is 30.3 Å². The summed E-state index contributed by atoms with van der Waals surface area (Å²) in [4.78, 5) is 22.3. The zero-order valence-corrected chi connectivity index (χ0v) is 12.7. The molecule has 0 unspecified atom stereocenters. The molecule has 0 fully saturated rings. The van der Waals surface area contributed by atoms with Crippen LogP contribution in [0.25, 0.3) is 0 Å². The fourth-order valence-electron chi connectivity index (χ4n) is 2.27. The topological polar surface area (TPSA) is 92.5 Å². The van der Waals surface area contributed by atoms with Crippen LogP contribution in [0.2, 0.25) is 0 Å². The SMILES string of the molecule is C[C@H](C[C@H](O)c1ccccc1)NC(=O)c1cccc([N+](=O)[O-])c1. The van der Waals surface area contributed by atoms with Gasteiger partial charge in [-0.1, -0.05) is 36.4 Å². The largest absolute Gasteiger partial charge is 0.388 e. The molecule has 2 N–H and O–H groups in total. The van der Waals surface area contributed by atoms with Gasteiger partial charge in [0, 0.05) is 23.7 Å². The zero-order valence-electron chi connectivity index (χ0n) is 12.7. The van der Waals surface area contributed by atoms with Gasteiger partial charge >= 0.3 is 0 Å². The van der Waals surface area contributed by atoms with E-state index < -0.39 is 16.9 Å². The molecule has 2 aromatic rings. The third-order valence-corrected chi connectivity index (χ3v) is 3.46. The second-order valence-electron chi connectivity index (χ2n) is 5.34. The van der Waals surface area contributed by atoms with Crippen LogP contribution in [0.4, 0.5) is 5.69 Å². The molecule has 0 radical (unpaired) electrons. The Morgan fingerprint density at radius 2 is 1.91 bits per heavy atom. The Bertz CT molecular complexity index is 688. The smallest absolute Gasteiger partial charge is 0.270 e. The van der Waals surface area contributed by atoms with E-state index >= 15 is 0 Å². The molecule has 2 atom stereocenters. The number of carbonyl (C=O) groups is 1. The number of aliphatic hydroxyl groups excluding tert-OH is 1. The van der Waals surface area contributed by atoms with Crippen LogP contribution in [0, 0.1) is 10.1 Å². The first kappa shape index (κ1) is 16.6. The number of hydrogen-bond donors (Lipinski definition) is 2. The molecule has 0 saturated heterocycles. The molecule has 0 aliphatic carbocycles. The Hall–Kier alpha value is -2.73. The van der Waals surface area contributed by atoms with Crippen molar-refractivity contribution in [1.82, 2.24) is 5.32 Å². The van der Waals surface area contributed by atoms with Gasteiger partial charge in [-0.25, -0.2) is 0 Å². The number of nitrogens with zero attached hydrogens (tertiary/aromatic N) is 1. The van der Waals surface area contributed by atoms with Gasteiger partial charge in [0.15, 0.2) is 0 Å². The van der Waals surface area contributed by atoms with Gasteiger partial charge in [-0.3, -0.25) is 14.9 Å². The van der Waals surface area contributed by atoms with Gasteiger partial charge in [-0.15, -0.1) is 0 Å². The molecule has 0 saturated carbocycles. The van der Waals surface area contributed by atoms with E-state index in [2.05, 4.69) is 5.32 Å². The summed E-state index contributed by atoms with van der Waals surface area (Å²) < 4.78 is 0. The minimum absolute atomic E-state index is 0.130. The molecule has 0 heterocycles. The number of nitro groups is 1. The predicted octanol–water partition coefficient (Wildman–Crippen LogP) is 2.84.